The fourth-order valence-electron chi connectivity index (χ4n) is 1.33. The molecule has 0 bridgehead atoms. The molecule has 0 aliphatic rings. The third-order valence-corrected chi connectivity index (χ3v) is 2.36. The summed E-state index contributed by atoms with van der Waals surface area (Å²) in [6.45, 7) is 1.87. The van der Waals surface area contributed by atoms with Gasteiger partial charge in [-0.1, -0.05) is 17.7 Å². The summed E-state index contributed by atoms with van der Waals surface area (Å²) in [4.78, 5) is 10.7. The zero-order valence-electron chi connectivity index (χ0n) is 7.37. The Hall–Kier alpha value is -1.48. The fourth-order valence-corrected chi connectivity index (χ4v) is 1.53. The number of carbonyl (C=O) groups is 1. The number of benzene rings is 1. The maximum Gasteiger partial charge on any atom is 0.371 e. The molecule has 0 atom stereocenters. The molecule has 0 spiro atoms. The van der Waals surface area contributed by atoms with Crippen molar-refractivity contribution < 1.29 is 14.3 Å². The molecule has 1 aromatic heterocycles. The van der Waals surface area contributed by atoms with Gasteiger partial charge in [0.15, 0.2) is 5.58 Å². The average Bonchev–Trinajstić information content (AvgIpc) is 2.57. The molecule has 0 amide bonds. The zero-order chi connectivity index (χ0) is 10.3. The van der Waals surface area contributed by atoms with Gasteiger partial charge >= 0.3 is 5.97 Å². The van der Waals surface area contributed by atoms with Gasteiger partial charge < -0.3 is 9.52 Å². The highest BCUT2D eigenvalue weighted by atomic mass is 35.5. The summed E-state index contributed by atoms with van der Waals surface area (Å²) in [6, 6.07) is 5.00. The maximum absolute atomic E-state index is 10.7. The highest BCUT2D eigenvalue weighted by Gasteiger charge is 2.13. The van der Waals surface area contributed by atoms with Gasteiger partial charge in [-0.3, -0.25) is 0 Å². The third-order valence-electron chi connectivity index (χ3n) is 2.06. The van der Waals surface area contributed by atoms with Crippen LogP contribution in [0.3, 0.4) is 0 Å². The Bertz CT molecular complexity index is 474. The van der Waals surface area contributed by atoms with E-state index in [-0.39, 0.29) is 5.76 Å². The predicted molar refractivity (Wildman–Crippen MR) is 52.9 cm³/mol. The van der Waals surface area contributed by atoms with Crippen LogP contribution in [-0.2, 0) is 0 Å². The van der Waals surface area contributed by atoms with Crippen LogP contribution in [0.2, 0.25) is 5.02 Å². The Morgan fingerprint density at radius 2 is 2.21 bits per heavy atom. The summed E-state index contributed by atoms with van der Waals surface area (Å²) in [5.74, 6) is -1.17. The lowest BCUT2D eigenvalue weighted by atomic mass is 10.1. The van der Waals surface area contributed by atoms with Crippen molar-refractivity contribution in [1.29, 1.82) is 0 Å². The molecule has 2 aromatic rings. The summed E-state index contributed by atoms with van der Waals surface area (Å²) in [5, 5.41) is 9.90. The molecule has 1 N–H and O–H groups in total. The average molecular weight is 211 g/mol. The van der Waals surface area contributed by atoms with Crippen LogP contribution >= 0.6 is 11.6 Å². The van der Waals surface area contributed by atoms with Crippen LogP contribution in [0.25, 0.3) is 11.0 Å². The molecule has 0 aliphatic carbocycles. The Morgan fingerprint density at radius 1 is 1.50 bits per heavy atom. The predicted octanol–water partition coefficient (Wildman–Crippen LogP) is 3.09. The first kappa shape index (κ1) is 9.09. The van der Waals surface area contributed by atoms with E-state index in [4.69, 9.17) is 21.1 Å². The van der Waals surface area contributed by atoms with Gasteiger partial charge in [-0.05, 0) is 24.6 Å². The molecule has 14 heavy (non-hydrogen) atoms. The number of fused-ring (bicyclic) bond motifs is 1. The number of hydrogen-bond acceptors (Lipinski definition) is 2. The smallest absolute Gasteiger partial charge is 0.371 e. The number of hydrogen-bond donors (Lipinski definition) is 1. The van der Waals surface area contributed by atoms with Crippen LogP contribution < -0.4 is 0 Å². The minimum atomic E-state index is -1.09. The van der Waals surface area contributed by atoms with E-state index in [1.807, 2.05) is 13.0 Å². The molecule has 2 rings (SSSR count). The van der Waals surface area contributed by atoms with E-state index in [9.17, 15) is 4.79 Å². The van der Waals surface area contributed by atoms with Gasteiger partial charge in [0.05, 0.1) is 5.02 Å². The molecule has 0 aliphatic heterocycles. The van der Waals surface area contributed by atoms with Crippen LogP contribution in [0.15, 0.2) is 22.6 Å². The van der Waals surface area contributed by atoms with Crippen molar-refractivity contribution in [2.45, 2.75) is 6.92 Å². The van der Waals surface area contributed by atoms with E-state index < -0.39 is 5.97 Å². The number of furan rings is 1. The van der Waals surface area contributed by atoms with Gasteiger partial charge in [0.1, 0.15) is 0 Å². The second-order valence-electron chi connectivity index (χ2n) is 3.02. The van der Waals surface area contributed by atoms with Crippen molar-refractivity contribution in [1.82, 2.24) is 0 Å². The van der Waals surface area contributed by atoms with E-state index in [0.29, 0.717) is 10.6 Å². The lowest BCUT2D eigenvalue weighted by Gasteiger charge is -1.94. The molecule has 4 heteroatoms. The van der Waals surface area contributed by atoms with Crippen molar-refractivity contribution in [3.63, 3.8) is 0 Å². The second-order valence-corrected chi connectivity index (χ2v) is 3.43. The van der Waals surface area contributed by atoms with E-state index >= 15 is 0 Å². The minimum Gasteiger partial charge on any atom is -0.475 e. The lowest BCUT2D eigenvalue weighted by Crippen LogP contribution is -1.91. The van der Waals surface area contributed by atoms with Gasteiger partial charge in [0.25, 0.3) is 0 Å². The monoisotopic (exact) mass is 210 g/mol. The SMILES string of the molecule is Cc1ccc(Cl)c2oc(C(=O)O)cc12. The van der Waals surface area contributed by atoms with Crippen LogP contribution in [0.4, 0.5) is 0 Å². The van der Waals surface area contributed by atoms with Gasteiger partial charge in [-0.25, -0.2) is 4.79 Å². The zero-order valence-corrected chi connectivity index (χ0v) is 8.13. The van der Waals surface area contributed by atoms with Gasteiger partial charge in [-0.15, -0.1) is 0 Å². The minimum absolute atomic E-state index is 0.0869. The molecule has 72 valence electrons. The fraction of sp³-hybridized carbons (Fsp3) is 0.100. The van der Waals surface area contributed by atoms with Crippen molar-refractivity contribution in [3.8, 4) is 0 Å². The number of rotatable bonds is 1. The number of halogens is 1. The topological polar surface area (TPSA) is 50.4 Å². The van der Waals surface area contributed by atoms with Crippen LogP contribution in [-0.4, -0.2) is 11.1 Å². The Labute approximate surface area is 84.9 Å². The number of carboxylic acids is 1. The summed E-state index contributed by atoms with van der Waals surface area (Å²) in [7, 11) is 0. The lowest BCUT2D eigenvalue weighted by molar-refractivity contribution is 0.0665. The Balaban J connectivity index is 2.82. The molecule has 3 nitrogen and oxygen atoms in total. The van der Waals surface area contributed by atoms with Crippen molar-refractivity contribution in [2.75, 3.05) is 0 Å². The molecular formula is C10H7ClO3. The highest BCUT2D eigenvalue weighted by Crippen LogP contribution is 2.29. The quantitative estimate of drug-likeness (QED) is 0.787. The van der Waals surface area contributed by atoms with E-state index in [1.165, 1.54) is 6.07 Å². The van der Waals surface area contributed by atoms with Gasteiger partial charge in [0, 0.05) is 5.39 Å². The molecule has 0 saturated heterocycles. The normalized spacial score (nSPS) is 10.7. The summed E-state index contributed by atoms with van der Waals surface area (Å²) >= 11 is 5.86. The Kier molecular flexibility index (Phi) is 1.97. The summed E-state index contributed by atoms with van der Waals surface area (Å²) in [5.41, 5.74) is 1.38. The highest BCUT2D eigenvalue weighted by molar-refractivity contribution is 6.35. The second kappa shape index (κ2) is 3.03. The largest absolute Gasteiger partial charge is 0.475 e. The third kappa shape index (κ3) is 1.26. The number of aryl methyl sites for hydroxylation is 1. The molecular weight excluding hydrogens is 204 g/mol. The van der Waals surface area contributed by atoms with E-state index in [0.717, 1.165) is 10.9 Å². The van der Waals surface area contributed by atoms with Crippen molar-refractivity contribution in [2.24, 2.45) is 0 Å². The summed E-state index contributed by atoms with van der Waals surface area (Å²) < 4.78 is 5.11. The Morgan fingerprint density at radius 3 is 2.79 bits per heavy atom. The number of aromatic carboxylic acids is 1. The van der Waals surface area contributed by atoms with Crippen molar-refractivity contribution >= 4 is 28.5 Å². The van der Waals surface area contributed by atoms with Crippen LogP contribution in [0, 0.1) is 6.92 Å². The summed E-state index contributed by atoms with van der Waals surface area (Å²) in [6.07, 6.45) is 0. The van der Waals surface area contributed by atoms with Crippen LogP contribution in [0.5, 0.6) is 0 Å². The van der Waals surface area contributed by atoms with E-state index in [2.05, 4.69) is 0 Å². The van der Waals surface area contributed by atoms with E-state index in [1.54, 1.807) is 6.07 Å². The van der Waals surface area contributed by atoms with Crippen LogP contribution in [0.1, 0.15) is 16.1 Å². The first-order valence-corrected chi connectivity index (χ1v) is 4.39. The molecule has 1 heterocycles. The molecule has 0 radical (unpaired) electrons. The molecule has 0 unspecified atom stereocenters. The maximum atomic E-state index is 10.7. The van der Waals surface area contributed by atoms with Gasteiger partial charge in [-0.2, -0.15) is 0 Å². The molecule has 0 fully saturated rings. The molecule has 1 aromatic carbocycles. The molecule has 0 saturated carbocycles. The first-order chi connectivity index (χ1) is 6.59. The standard InChI is InChI=1S/C10H7ClO3/c1-5-2-3-7(11)9-6(5)4-8(14-9)10(12)13/h2-4H,1H3,(H,12,13). The van der Waals surface area contributed by atoms with Crippen molar-refractivity contribution in [3.05, 3.63) is 34.5 Å². The first-order valence-electron chi connectivity index (χ1n) is 4.01. The van der Waals surface area contributed by atoms with Gasteiger partial charge in [0.2, 0.25) is 5.76 Å². The number of carboxylic acid groups (broad SMARTS) is 1.